The van der Waals surface area contributed by atoms with Crippen molar-refractivity contribution in [2.75, 3.05) is 13.2 Å². The van der Waals surface area contributed by atoms with Crippen LogP contribution in [-0.4, -0.2) is 24.5 Å². The van der Waals surface area contributed by atoms with Gasteiger partial charge in [-0.3, -0.25) is 4.79 Å². The Hall–Kier alpha value is -1.26. The molecule has 0 unspecified atom stereocenters. The molecule has 0 spiro atoms. The molecule has 0 radical (unpaired) electrons. The van der Waals surface area contributed by atoms with Crippen LogP contribution in [-0.2, 0) is 9.47 Å². The SMILES string of the molecule is O=Cc1cccc(C2OCCO2)n1. The van der Waals surface area contributed by atoms with Gasteiger partial charge in [0.25, 0.3) is 0 Å². The normalized spacial score (nSPS) is 17.5. The molecule has 1 aromatic rings. The van der Waals surface area contributed by atoms with Gasteiger partial charge in [-0.2, -0.15) is 0 Å². The van der Waals surface area contributed by atoms with Crippen molar-refractivity contribution in [3.05, 3.63) is 29.6 Å². The number of ether oxygens (including phenoxy) is 2. The van der Waals surface area contributed by atoms with E-state index < -0.39 is 6.29 Å². The molecule has 1 aliphatic rings. The molecule has 1 aromatic heterocycles. The van der Waals surface area contributed by atoms with Crippen molar-refractivity contribution in [1.29, 1.82) is 0 Å². The van der Waals surface area contributed by atoms with Crippen molar-refractivity contribution in [2.24, 2.45) is 0 Å². The van der Waals surface area contributed by atoms with Crippen molar-refractivity contribution in [3.8, 4) is 0 Å². The van der Waals surface area contributed by atoms with Crippen molar-refractivity contribution in [1.82, 2.24) is 4.98 Å². The van der Waals surface area contributed by atoms with Gasteiger partial charge in [-0.05, 0) is 12.1 Å². The first-order chi connectivity index (χ1) is 6.40. The fraction of sp³-hybridized carbons (Fsp3) is 0.333. The fourth-order valence-electron chi connectivity index (χ4n) is 1.19. The highest BCUT2D eigenvalue weighted by Crippen LogP contribution is 2.20. The number of carbonyl (C=O) groups is 1. The zero-order valence-electron chi connectivity index (χ0n) is 6.97. The van der Waals surface area contributed by atoms with Gasteiger partial charge in [0.05, 0.1) is 18.9 Å². The Morgan fingerprint density at radius 2 is 2.15 bits per heavy atom. The Morgan fingerprint density at radius 3 is 2.85 bits per heavy atom. The summed E-state index contributed by atoms with van der Waals surface area (Å²) in [7, 11) is 0. The summed E-state index contributed by atoms with van der Waals surface area (Å²) < 4.78 is 10.5. The van der Waals surface area contributed by atoms with E-state index in [0.29, 0.717) is 30.9 Å². The minimum Gasteiger partial charge on any atom is -0.345 e. The van der Waals surface area contributed by atoms with Crippen molar-refractivity contribution >= 4 is 6.29 Å². The van der Waals surface area contributed by atoms with E-state index in [-0.39, 0.29) is 0 Å². The van der Waals surface area contributed by atoms with Crippen LogP contribution in [0.2, 0.25) is 0 Å². The van der Waals surface area contributed by atoms with E-state index in [0.717, 1.165) is 0 Å². The molecule has 68 valence electrons. The second kappa shape index (κ2) is 3.64. The second-order valence-corrected chi connectivity index (χ2v) is 2.68. The molecular formula is C9H9NO3. The zero-order valence-corrected chi connectivity index (χ0v) is 6.97. The van der Waals surface area contributed by atoms with E-state index in [4.69, 9.17) is 9.47 Å². The molecule has 2 rings (SSSR count). The minimum atomic E-state index is -0.403. The van der Waals surface area contributed by atoms with Gasteiger partial charge in [0.1, 0.15) is 5.69 Å². The van der Waals surface area contributed by atoms with Gasteiger partial charge in [-0.25, -0.2) is 4.98 Å². The maximum atomic E-state index is 10.4. The molecule has 1 saturated heterocycles. The summed E-state index contributed by atoms with van der Waals surface area (Å²) >= 11 is 0. The highest BCUT2D eigenvalue weighted by molar-refractivity contribution is 5.71. The summed E-state index contributed by atoms with van der Waals surface area (Å²) in [6.07, 6.45) is 0.304. The van der Waals surface area contributed by atoms with Crippen LogP contribution in [0, 0.1) is 0 Å². The lowest BCUT2D eigenvalue weighted by atomic mass is 10.3. The molecule has 4 nitrogen and oxygen atoms in total. The van der Waals surface area contributed by atoms with Gasteiger partial charge in [0, 0.05) is 0 Å². The number of pyridine rings is 1. The smallest absolute Gasteiger partial charge is 0.201 e. The third-order valence-electron chi connectivity index (χ3n) is 1.78. The van der Waals surface area contributed by atoms with Crippen molar-refractivity contribution < 1.29 is 14.3 Å². The van der Waals surface area contributed by atoms with E-state index in [1.54, 1.807) is 18.2 Å². The predicted octanol–water partition coefficient (Wildman–Crippen LogP) is 0.939. The summed E-state index contributed by atoms with van der Waals surface area (Å²) in [5, 5.41) is 0. The Bertz CT molecular complexity index is 307. The number of aldehydes is 1. The average Bonchev–Trinajstić information content (AvgIpc) is 2.71. The maximum Gasteiger partial charge on any atom is 0.201 e. The first-order valence-electron chi connectivity index (χ1n) is 4.05. The molecular weight excluding hydrogens is 170 g/mol. The molecule has 0 aliphatic carbocycles. The molecule has 1 aliphatic heterocycles. The van der Waals surface area contributed by atoms with E-state index in [1.165, 1.54) is 0 Å². The van der Waals surface area contributed by atoms with Crippen LogP contribution in [0.3, 0.4) is 0 Å². The third-order valence-corrected chi connectivity index (χ3v) is 1.78. The van der Waals surface area contributed by atoms with Crippen LogP contribution in [0.15, 0.2) is 18.2 Å². The standard InChI is InChI=1S/C9H9NO3/c11-6-7-2-1-3-8(10-7)9-12-4-5-13-9/h1-3,6,9H,4-5H2. The zero-order chi connectivity index (χ0) is 9.10. The second-order valence-electron chi connectivity index (χ2n) is 2.68. The number of carbonyl (C=O) groups excluding carboxylic acids is 1. The largest absolute Gasteiger partial charge is 0.345 e. The van der Waals surface area contributed by atoms with Crippen LogP contribution in [0.4, 0.5) is 0 Å². The summed E-state index contributed by atoms with van der Waals surface area (Å²) in [6, 6.07) is 5.19. The van der Waals surface area contributed by atoms with Gasteiger partial charge in [-0.1, -0.05) is 6.07 Å². The molecule has 2 heterocycles. The lowest BCUT2D eigenvalue weighted by Crippen LogP contribution is -2.02. The molecule has 0 atom stereocenters. The predicted molar refractivity (Wildman–Crippen MR) is 44.3 cm³/mol. The molecule has 0 amide bonds. The van der Waals surface area contributed by atoms with Crippen LogP contribution in [0.1, 0.15) is 22.5 Å². The number of rotatable bonds is 2. The lowest BCUT2D eigenvalue weighted by Gasteiger charge is -2.07. The van der Waals surface area contributed by atoms with Crippen molar-refractivity contribution in [3.63, 3.8) is 0 Å². The molecule has 1 fully saturated rings. The number of hydrogen-bond donors (Lipinski definition) is 0. The maximum absolute atomic E-state index is 10.4. The van der Waals surface area contributed by atoms with Crippen molar-refractivity contribution in [2.45, 2.75) is 6.29 Å². The van der Waals surface area contributed by atoms with Gasteiger partial charge in [0.15, 0.2) is 6.29 Å². The van der Waals surface area contributed by atoms with Gasteiger partial charge in [-0.15, -0.1) is 0 Å². The molecule has 4 heteroatoms. The molecule has 13 heavy (non-hydrogen) atoms. The summed E-state index contributed by atoms with van der Waals surface area (Å²) in [5.41, 5.74) is 1.05. The molecule has 0 N–H and O–H groups in total. The molecule has 0 aromatic carbocycles. The Balaban J connectivity index is 2.23. The highest BCUT2D eigenvalue weighted by atomic mass is 16.7. The molecule has 0 saturated carbocycles. The highest BCUT2D eigenvalue weighted by Gasteiger charge is 2.19. The van der Waals surface area contributed by atoms with E-state index >= 15 is 0 Å². The van der Waals surface area contributed by atoms with Crippen LogP contribution in [0.5, 0.6) is 0 Å². The fourth-order valence-corrected chi connectivity index (χ4v) is 1.19. The number of hydrogen-bond acceptors (Lipinski definition) is 4. The van der Waals surface area contributed by atoms with E-state index in [2.05, 4.69) is 4.98 Å². The average molecular weight is 179 g/mol. The topological polar surface area (TPSA) is 48.4 Å². The van der Waals surface area contributed by atoms with Gasteiger partial charge in [0.2, 0.25) is 6.29 Å². The Labute approximate surface area is 75.5 Å². The summed E-state index contributed by atoms with van der Waals surface area (Å²) in [5.74, 6) is 0. The van der Waals surface area contributed by atoms with Gasteiger partial charge >= 0.3 is 0 Å². The van der Waals surface area contributed by atoms with E-state index in [1.807, 2.05) is 0 Å². The van der Waals surface area contributed by atoms with E-state index in [9.17, 15) is 4.79 Å². The quantitative estimate of drug-likeness (QED) is 0.634. The minimum absolute atomic E-state index is 0.400. The summed E-state index contributed by atoms with van der Waals surface area (Å²) in [4.78, 5) is 14.5. The monoisotopic (exact) mass is 179 g/mol. The first-order valence-corrected chi connectivity index (χ1v) is 4.05. The van der Waals surface area contributed by atoms with Crippen LogP contribution in [0.25, 0.3) is 0 Å². The lowest BCUT2D eigenvalue weighted by molar-refractivity contribution is -0.0473. The summed E-state index contributed by atoms with van der Waals surface area (Å²) in [6.45, 7) is 1.16. The van der Waals surface area contributed by atoms with Crippen LogP contribution < -0.4 is 0 Å². The first kappa shape index (κ1) is 8.34. The third kappa shape index (κ3) is 1.74. The number of nitrogens with zero attached hydrogens (tertiary/aromatic N) is 1. The Morgan fingerprint density at radius 1 is 1.38 bits per heavy atom. The Kier molecular flexibility index (Phi) is 2.33. The van der Waals surface area contributed by atoms with Crippen LogP contribution >= 0.6 is 0 Å². The number of aromatic nitrogens is 1. The van der Waals surface area contributed by atoms with Gasteiger partial charge < -0.3 is 9.47 Å². The molecule has 0 bridgehead atoms.